The maximum absolute atomic E-state index is 14.4. The molecule has 1 heterocycles. The maximum atomic E-state index is 14.4. The number of halogens is 2. The van der Waals surface area contributed by atoms with Crippen LogP contribution in [0.2, 0.25) is 0 Å². The number of hydrogen-bond acceptors (Lipinski definition) is 2. The van der Waals surface area contributed by atoms with Crippen molar-refractivity contribution < 1.29 is 4.39 Å². The molecule has 0 aliphatic carbocycles. The van der Waals surface area contributed by atoms with Gasteiger partial charge in [0.15, 0.2) is 5.82 Å². The van der Waals surface area contributed by atoms with E-state index in [0.29, 0.717) is 23.1 Å². The van der Waals surface area contributed by atoms with Crippen molar-refractivity contribution in [2.24, 2.45) is 17.6 Å². The minimum Gasteiger partial charge on any atom is -0.384 e. The van der Waals surface area contributed by atoms with Crippen molar-refractivity contribution in [3.05, 3.63) is 28.0 Å². The number of anilines is 1. The van der Waals surface area contributed by atoms with E-state index in [1.54, 1.807) is 12.1 Å². The molecule has 3 nitrogen and oxygen atoms in total. The Morgan fingerprint density at radius 1 is 1.42 bits per heavy atom. The van der Waals surface area contributed by atoms with Gasteiger partial charge >= 0.3 is 0 Å². The number of nitrogen functional groups attached to an aromatic ring is 1. The zero-order valence-corrected chi connectivity index (χ0v) is 12.8. The average Bonchev–Trinajstić information content (AvgIpc) is 2.36. The Labute approximate surface area is 121 Å². The van der Waals surface area contributed by atoms with Crippen molar-refractivity contribution in [1.82, 2.24) is 0 Å². The van der Waals surface area contributed by atoms with Crippen molar-refractivity contribution in [3.63, 3.8) is 0 Å². The molecular weight excluding hydrogens is 309 g/mol. The van der Waals surface area contributed by atoms with Gasteiger partial charge in [0.1, 0.15) is 5.84 Å². The average molecular weight is 328 g/mol. The summed E-state index contributed by atoms with van der Waals surface area (Å²) in [5.41, 5.74) is 6.42. The molecule has 1 aromatic carbocycles. The van der Waals surface area contributed by atoms with Crippen LogP contribution in [0.15, 0.2) is 16.6 Å². The van der Waals surface area contributed by atoms with Crippen LogP contribution >= 0.6 is 15.9 Å². The fourth-order valence-corrected chi connectivity index (χ4v) is 3.02. The first-order chi connectivity index (χ1) is 8.91. The normalized spacial score (nSPS) is 23.5. The van der Waals surface area contributed by atoms with Crippen molar-refractivity contribution in [2.45, 2.75) is 20.3 Å². The summed E-state index contributed by atoms with van der Waals surface area (Å²) >= 11 is 3.20. The Kier molecular flexibility index (Phi) is 4.13. The van der Waals surface area contributed by atoms with Gasteiger partial charge in [-0.1, -0.05) is 13.8 Å². The van der Waals surface area contributed by atoms with E-state index in [0.717, 1.165) is 19.5 Å². The molecule has 0 radical (unpaired) electrons. The van der Waals surface area contributed by atoms with Crippen LogP contribution < -0.4 is 10.6 Å². The number of nitrogens with zero attached hydrogens (tertiary/aromatic N) is 1. The first-order valence-electron chi connectivity index (χ1n) is 6.49. The molecule has 19 heavy (non-hydrogen) atoms. The number of piperidine rings is 1. The zero-order valence-electron chi connectivity index (χ0n) is 11.2. The first-order valence-corrected chi connectivity index (χ1v) is 7.28. The third-order valence-corrected chi connectivity index (χ3v) is 4.80. The predicted molar refractivity (Wildman–Crippen MR) is 80.3 cm³/mol. The lowest BCUT2D eigenvalue weighted by molar-refractivity contribution is 0.322. The van der Waals surface area contributed by atoms with Gasteiger partial charge in [-0.2, -0.15) is 0 Å². The van der Waals surface area contributed by atoms with Gasteiger partial charge in [-0.25, -0.2) is 4.39 Å². The minimum atomic E-state index is -0.325. The Balaban J connectivity index is 2.31. The second-order valence-corrected chi connectivity index (χ2v) is 6.16. The Morgan fingerprint density at radius 3 is 2.68 bits per heavy atom. The molecule has 104 valence electrons. The molecule has 3 N–H and O–H groups in total. The van der Waals surface area contributed by atoms with E-state index in [-0.39, 0.29) is 16.1 Å². The summed E-state index contributed by atoms with van der Waals surface area (Å²) in [4.78, 5) is 2.08. The molecule has 1 aliphatic rings. The molecule has 0 spiro atoms. The number of nitrogens with two attached hydrogens (primary N) is 1. The van der Waals surface area contributed by atoms with E-state index in [2.05, 4.69) is 34.7 Å². The van der Waals surface area contributed by atoms with Crippen LogP contribution in [0.3, 0.4) is 0 Å². The topological polar surface area (TPSA) is 53.1 Å². The largest absolute Gasteiger partial charge is 0.384 e. The van der Waals surface area contributed by atoms with Crippen molar-refractivity contribution in [3.8, 4) is 0 Å². The summed E-state index contributed by atoms with van der Waals surface area (Å²) in [5.74, 6) is 0.783. The molecule has 0 saturated carbocycles. The van der Waals surface area contributed by atoms with Gasteiger partial charge in [-0.05, 0) is 46.3 Å². The highest BCUT2D eigenvalue weighted by Crippen LogP contribution is 2.33. The van der Waals surface area contributed by atoms with Crippen LogP contribution in [0, 0.1) is 23.1 Å². The summed E-state index contributed by atoms with van der Waals surface area (Å²) in [7, 11) is 0. The quantitative estimate of drug-likeness (QED) is 0.646. The third-order valence-electron chi connectivity index (χ3n) is 4.03. The Morgan fingerprint density at radius 2 is 2.11 bits per heavy atom. The lowest BCUT2D eigenvalue weighted by Crippen LogP contribution is -2.39. The molecule has 1 fully saturated rings. The molecule has 0 bridgehead atoms. The molecule has 2 unspecified atom stereocenters. The summed E-state index contributed by atoms with van der Waals surface area (Å²) in [5, 5.41) is 7.41. The van der Waals surface area contributed by atoms with E-state index in [1.807, 2.05) is 0 Å². The van der Waals surface area contributed by atoms with Crippen molar-refractivity contribution >= 4 is 27.5 Å². The van der Waals surface area contributed by atoms with Crippen LogP contribution in [0.1, 0.15) is 25.8 Å². The number of amidine groups is 1. The summed E-state index contributed by atoms with van der Waals surface area (Å²) in [6.07, 6.45) is 1.08. The Hall–Kier alpha value is -1.10. The maximum Gasteiger partial charge on any atom is 0.161 e. The van der Waals surface area contributed by atoms with E-state index in [9.17, 15) is 4.39 Å². The lowest BCUT2D eigenvalue weighted by atomic mass is 9.88. The zero-order chi connectivity index (χ0) is 14.2. The standard InChI is InChI=1S/C14H19BrFN3/c1-8-5-6-19(7-9(8)2)11-4-3-10(14(17)18)12(15)13(11)16/h3-4,8-9H,5-7H2,1-2H3,(H3,17,18). The van der Waals surface area contributed by atoms with E-state index in [4.69, 9.17) is 11.1 Å². The molecule has 2 rings (SSSR count). The molecular formula is C14H19BrFN3. The van der Waals surface area contributed by atoms with Crippen molar-refractivity contribution in [1.29, 1.82) is 5.41 Å². The smallest absolute Gasteiger partial charge is 0.161 e. The van der Waals surface area contributed by atoms with Gasteiger partial charge in [0.05, 0.1) is 10.2 Å². The minimum absolute atomic E-state index is 0.127. The van der Waals surface area contributed by atoms with E-state index in [1.165, 1.54) is 0 Å². The van der Waals surface area contributed by atoms with Gasteiger partial charge in [-0.3, -0.25) is 5.41 Å². The van der Waals surface area contributed by atoms with Crippen LogP contribution in [-0.2, 0) is 0 Å². The summed E-state index contributed by atoms with van der Waals surface area (Å²) in [6, 6.07) is 3.42. The Bertz CT molecular complexity index is 504. The predicted octanol–water partition coefficient (Wildman–Crippen LogP) is 3.35. The monoisotopic (exact) mass is 327 g/mol. The molecule has 0 amide bonds. The molecule has 1 aliphatic heterocycles. The van der Waals surface area contributed by atoms with Crippen LogP contribution in [-0.4, -0.2) is 18.9 Å². The van der Waals surface area contributed by atoms with Crippen molar-refractivity contribution in [2.75, 3.05) is 18.0 Å². The molecule has 1 aromatic rings. The van der Waals surface area contributed by atoms with Crippen LogP contribution in [0.5, 0.6) is 0 Å². The summed E-state index contributed by atoms with van der Waals surface area (Å²) in [6.45, 7) is 6.18. The summed E-state index contributed by atoms with van der Waals surface area (Å²) < 4.78 is 14.7. The second-order valence-electron chi connectivity index (χ2n) is 5.36. The number of nitrogens with one attached hydrogen (secondary N) is 1. The van der Waals surface area contributed by atoms with Gasteiger partial charge in [0.2, 0.25) is 0 Å². The highest BCUT2D eigenvalue weighted by molar-refractivity contribution is 9.10. The van der Waals surface area contributed by atoms with Gasteiger partial charge in [-0.15, -0.1) is 0 Å². The highest BCUT2D eigenvalue weighted by Gasteiger charge is 2.25. The van der Waals surface area contributed by atoms with E-state index < -0.39 is 0 Å². The fourth-order valence-electron chi connectivity index (χ4n) is 2.47. The third kappa shape index (κ3) is 2.76. The molecule has 5 heteroatoms. The van der Waals surface area contributed by atoms with Crippen LogP contribution in [0.25, 0.3) is 0 Å². The number of hydrogen-bond donors (Lipinski definition) is 2. The van der Waals surface area contributed by atoms with Gasteiger partial charge in [0.25, 0.3) is 0 Å². The molecule has 1 saturated heterocycles. The second kappa shape index (κ2) is 5.49. The highest BCUT2D eigenvalue weighted by atomic mass is 79.9. The fraction of sp³-hybridized carbons (Fsp3) is 0.500. The first kappa shape index (κ1) is 14.3. The lowest BCUT2D eigenvalue weighted by Gasteiger charge is -2.37. The van der Waals surface area contributed by atoms with Gasteiger partial charge < -0.3 is 10.6 Å². The number of rotatable bonds is 2. The molecule has 2 atom stereocenters. The molecule has 0 aromatic heterocycles. The SMILES string of the molecule is CC1CCN(c2ccc(C(=N)N)c(Br)c2F)CC1C. The number of benzene rings is 1. The van der Waals surface area contributed by atoms with Crippen LogP contribution in [0.4, 0.5) is 10.1 Å². The van der Waals surface area contributed by atoms with E-state index >= 15 is 0 Å². The van der Waals surface area contributed by atoms with Gasteiger partial charge in [0, 0.05) is 18.7 Å².